The van der Waals surface area contributed by atoms with Crippen molar-refractivity contribution < 1.29 is 19.4 Å². The van der Waals surface area contributed by atoms with Gasteiger partial charge in [-0.2, -0.15) is 0 Å². The zero-order valence-electron chi connectivity index (χ0n) is 18.1. The number of rotatable bonds is 8. The second-order valence-electron chi connectivity index (χ2n) is 7.88. The predicted octanol–water partition coefficient (Wildman–Crippen LogP) is 6.75. The van der Waals surface area contributed by atoms with Crippen molar-refractivity contribution in [3.8, 4) is 11.5 Å². The van der Waals surface area contributed by atoms with Crippen LogP contribution in [-0.4, -0.2) is 29.3 Å². The number of benzene rings is 2. The van der Waals surface area contributed by atoms with Crippen LogP contribution in [0.5, 0.6) is 11.5 Å². The number of aromatic nitrogens is 1. The van der Waals surface area contributed by atoms with Crippen molar-refractivity contribution in [3.63, 3.8) is 0 Å². The summed E-state index contributed by atoms with van der Waals surface area (Å²) in [7, 11) is 1.61. The Labute approximate surface area is 202 Å². The Morgan fingerprint density at radius 3 is 2.55 bits per heavy atom. The lowest BCUT2D eigenvalue weighted by atomic mass is 10.1. The van der Waals surface area contributed by atoms with Crippen molar-refractivity contribution in [2.75, 3.05) is 12.0 Å². The minimum atomic E-state index is -1.00. The first-order valence-electron chi connectivity index (χ1n) is 10.7. The minimum absolute atomic E-state index is 0.158. The number of carboxylic acids is 1. The number of aromatic carboxylic acids is 1. The van der Waals surface area contributed by atoms with Gasteiger partial charge in [-0.3, -0.25) is 4.98 Å². The molecule has 0 unspecified atom stereocenters. The van der Waals surface area contributed by atoms with E-state index in [-0.39, 0.29) is 11.7 Å². The third-order valence-electron chi connectivity index (χ3n) is 5.65. The monoisotopic (exact) mass is 486 g/mol. The van der Waals surface area contributed by atoms with Crippen molar-refractivity contribution in [1.82, 2.24) is 4.98 Å². The molecule has 1 heterocycles. The smallest absolute Gasteiger partial charge is 0.335 e. The summed E-state index contributed by atoms with van der Waals surface area (Å²) in [6.45, 7) is 0.300. The maximum Gasteiger partial charge on any atom is 0.335 e. The lowest BCUT2D eigenvalue weighted by Crippen LogP contribution is -2.19. The summed E-state index contributed by atoms with van der Waals surface area (Å²) in [5.41, 5.74) is 2.26. The van der Waals surface area contributed by atoms with Crippen LogP contribution >= 0.6 is 23.2 Å². The molecule has 8 heteroatoms. The van der Waals surface area contributed by atoms with E-state index in [2.05, 4.69) is 4.98 Å². The Bertz CT molecular complexity index is 1150. The van der Waals surface area contributed by atoms with Crippen LogP contribution in [-0.2, 0) is 6.54 Å². The number of anilines is 2. The average molecular weight is 487 g/mol. The first-order valence-corrected chi connectivity index (χ1v) is 11.5. The lowest BCUT2D eigenvalue weighted by molar-refractivity contribution is 0.0697. The van der Waals surface area contributed by atoms with Gasteiger partial charge < -0.3 is 19.5 Å². The van der Waals surface area contributed by atoms with E-state index < -0.39 is 5.97 Å². The molecular weight excluding hydrogens is 463 g/mol. The first-order chi connectivity index (χ1) is 15.9. The largest absolute Gasteiger partial charge is 0.493 e. The van der Waals surface area contributed by atoms with E-state index in [1.807, 2.05) is 29.2 Å². The fraction of sp³-hybridized carbons (Fsp3) is 0.280. The molecule has 172 valence electrons. The minimum Gasteiger partial charge on any atom is -0.493 e. The number of carboxylic acid groups (broad SMARTS) is 1. The number of nitrogens with zero attached hydrogens (tertiary/aromatic N) is 2. The second kappa shape index (κ2) is 10.3. The maximum atomic E-state index is 11.6. The van der Waals surface area contributed by atoms with Crippen molar-refractivity contribution in [2.45, 2.75) is 38.3 Å². The zero-order chi connectivity index (χ0) is 23.4. The topological polar surface area (TPSA) is 71.9 Å². The van der Waals surface area contributed by atoms with Crippen LogP contribution in [0.15, 0.2) is 54.7 Å². The molecule has 0 aliphatic heterocycles. The van der Waals surface area contributed by atoms with Gasteiger partial charge >= 0.3 is 5.97 Å². The number of halogens is 2. The lowest BCUT2D eigenvalue weighted by Gasteiger charge is -2.27. The van der Waals surface area contributed by atoms with E-state index in [1.165, 1.54) is 6.20 Å². The first kappa shape index (κ1) is 23.2. The van der Waals surface area contributed by atoms with Gasteiger partial charge in [0, 0.05) is 23.6 Å². The molecule has 0 radical (unpaired) electrons. The zero-order valence-corrected chi connectivity index (χ0v) is 19.6. The molecule has 4 rings (SSSR count). The molecule has 0 saturated heterocycles. The van der Waals surface area contributed by atoms with E-state index in [4.69, 9.17) is 32.7 Å². The molecule has 0 bridgehead atoms. The summed E-state index contributed by atoms with van der Waals surface area (Å²) in [6, 6.07) is 14.0. The van der Waals surface area contributed by atoms with Gasteiger partial charge in [-0.1, -0.05) is 29.3 Å². The van der Waals surface area contributed by atoms with E-state index in [0.29, 0.717) is 39.5 Å². The summed E-state index contributed by atoms with van der Waals surface area (Å²) in [6.07, 6.45) is 6.04. The highest BCUT2D eigenvalue weighted by atomic mass is 35.5. The molecule has 1 aliphatic carbocycles. The molecule has 2 aromatic carbocycles. The molecule has 1 saturated carbocycles. The normalized spacial score (nSPS) is 13.7. The summed E-state index contributed by atoms with van der Waals surface area (Å²) in [4.78, 5) is 17.9. The number of pyridine rings is 1. The Morgan fingerprint density at radius 1 is 1.09 bits per heavy atom. The van der Waals surface area contributed by atoms with Crippen molar-refractivity contribution in [2.24, 2.45) is 0 Å². The highest BCUT2D eigenvalue weighted by Gasteiger charge is 2.21. The quantitative estimate of drug-likeness (QED) is 0.379. The van der Waals surface area contributed by atoms with Crippen LogP contribution in [0.2, 0.25) is 10.0 Å². The number of carbonyl (C=O) groups is 1. The van der Waals surface area contributed by atoms with Crippen molar-refractivity contribution in [1.29, 1.82) is 0 Å². The van der Waals surface area contributed by atoms with Gasteiger partial charge in [0.25, 0.3) is 0 Å². The van der Waals surface area contributed by atoms with Crippen LogP contribution in [0, 0.1) is 0 Å². The van der Waals surface area contributed by atoms with Crippen molar-refractivity contribution in [3.05, 3.63) is 76.0 Å². The molecular formula is C25H24Cl2N2O4. The third kappa shape index (κ3) is 5.52. The molecule has 1 N–H and O–H groups in total. The average Bonchev–Trinajstić information content (AvgIpc) is 3.32. The Morgan fingerprint density at radius 2 is 1.85 bits per heavy atom. The Kier molecular flexibility index (Phi) is 7.26. The highest BCUT2D eigenvalue weighted by molar-refractivity contribution is 6.34. The van der Waals surface area contributed by atoms with Gasteiger partial charge in [0.2, 0.25) is 0 Å². The SMILES string of the molecule is COc1ccc(N(Cc2ncc(Cl)cc2Cl)c2cccc(C(=O)O)c2)cc1OC1CCCC1. The summed E-state index contributed by atoms with van der Waals surface area (Å²) < 4.78 is 11.8. The molecule has 6 nitrogen and oxygen atoms in total. The van der Waals surface area contributed by atoms with E-state index in [1.54, 1.807) is 31.4 Å². The van der Waals surface area contributed by atoms with Gasteiger partial charge in [-0.25, -0.2) is 4.79 Å². The molecule has 1 fully saturated rings. The number of ether oxygens (including phenoxy) is 2. The fourth-order valence-electron chi connectivity index (χ4n) is 3.96. The molecule has 1 aromatic heterocycles. The number of methoxy groups -OCH3 is 1. The Hall–Kier alpha value is -2.96. The van der Waals surface area contributed by atoms with E-state index in [9.17, 15) is 9.90 Å². The molecule has 0 spiro atoms. The summed E-state index contributed by atoms with van der Waals surface area (Å²) >= 11 is 12.4. The van der Waals surface area contributed by atoms with Crippen LogP contribution in [0.4, 0.5) is 11.4 Å². The number of hydrogen-bond acceptors (Lipinski definition) is 5. The van der Waals surface area contributed by atoms with Crippen LogP contribution < -0.4 is 14.4 Å². The Balaban J connectivity index is 1.76. The molecule has 3 aromatic rings. The van der Waals surface area contributed by atoms with E-state index in [0.717, 1.165) is 31.4 Å². The van der Waals surface area contributed by atoms with Gasteiger partial charge in [0.1, 0.15) is 0 Å². The maximum absolute atomic E-state index is 11.6. The third-order valence-corrected chi connectivity index (χ3v) is 6.19. The van der Waals surface area contributed by atoms with Gasteiger partial charge in [-0.15, -0.1) is 0 Å². The predicted molar refractivity (Wildman–Crippen MR) is 129 cm³/mol. The molecule has 0 amide bonds. The highest BCUT2D eigenvalue weighted by Crippen LogP contribution is 2.38. The number of hydrogen-bond donors (Lipinski definition) is 1. The van der Waals surface area contributed by atoms with E-state index >= 15 is 0 Å². The fourth-order valence-corrected chi connectivity index (χ4v) is 4.40. The second-order valence-corrected chi connectivity index (χ2v) is 8.73. The van der Waals surface area contributed by atoms with Crippen LogP contribution in [0.3, 0.4) is 0 Å². The van der Waals surface area contributed by atoms with Crippen molar-refractivity contribution >= 4 is 40.5 Å². The molecule has 1 aliphatic rings. The van der Waals surface area contributed by atoms with Crippen LogP contribution in [0.25, 0.3) is 0 Å². The standard InChI is InChI=1S/C25H24Cl2N2O4/c1-32-23-10-9-19(13-24(23)33-20-7-2-3-8-20)29(15-22-21(27)12-17(26)14-28-22)18-6-4-5-16(11-18)25(30)31/h4-6,9-14,20H,2-3,7-8,15H2,1H3,(H,30,31). The van der Waals surface area contributed by atoms with Gasteiger partial charge in [-0.05, 0) is 62.1 Å². The van der Waals surface area contributed by atoms with Gasteiger partial charge in [0.05, 0.1) is 41.1 Å². The van der Waals surface area contributed by atoms with Crippen LogP contribution in [0.1, 0.15) is 41.7 Å². The molecule has 33 heavy (non-hydrogen) atoms. The molecule has 0 atom stereocenters. The summed E-state index contributed by atoms with van der Waals surface area (Å²) in [5, 5.41) is 10.4. The van der Waals surface area contributed by atoms with Gasteiger partial charge in [0.15, 0.2) is 11.5 Å². The summed E-state index contributed by atoms with van der Waals surface area (Å²) in [5.74, 6) is 0.295.